The Morgan fingerprint density at radius 2 is 2.02 bits per heavy atom. The molecule has 4 aliphatic rings. The zero-order chi connectivity index (χ0) is 30.4. The molecule has 1 fully saturated rings. The van der Waals surface area contributed by atoms with Crippen LogP contribution in [0, 0.1) is 11.8 Å². The summed E-state index contributed by atoms with van der Waals surface area (Å²) in [6.07, 6.45) is 8.19. The Bertz CT molecular complexity index is 1430. The fourth-order valence-corrected chi connectivity index (χ4v) is 7.71. The van der Waals surface area contributed by atoms with E-state index in [9.17, 15) is 19.8 Å². The summed E-state index contributed by atoms with van der Waals surface area (Å²) in [4.78, 5) is 30.2. The van der Waals surface area contributed by atoms with Gasteiger partial charge in [0.15, 0.2) is 5.60 Å². The molecule has 2 aromatic carbocycles. The van der Waals surface area contributed by atoms with Gasteiger partial charge in [0.1, 0.15) is 5.75 Å². The molecule has 1 saturated carbocycles. The largest absolute Gasteiger partial charge is 0.490 e. The lowest BCUT2D eigenvalue weighted by Crippen LogP contribution is -2.49. The maximum absolute atomic E-state index is 13.2. The second-order valence-electron chi connectivity index (χ2n) is 12.8. The minimum absolute atomic E-state index is 0.125. The van der Waals surface area contributed by atoms with Crippen molar-refractivity contribution in [3.63, 3.8) is 0 Å². The summed E-state index contributed by atoms with van der Waals surface area (Å²) >= 11 is 6.40. The molecule has 2 heterocycles. The predicted octanol–water partition coefficient (Wildman–Crippen LogP) is 4.37. The van der Waals surface area contributed by atoms with E-state index in [1.54, 1.807) is 25.2 Å². The summed E-state index contributed by atoms with van der Waals surface area (Å²) in [5, 5.41) is 23.7. The van der Waals surface area contributed by atoms with Crippen molar-refractivity contribution in [2.75, 3.05) is 45.3 Å². The molecule has 0 aromatic heterocycles. The zero-order valence-electron chi connectivity index (χ0n) is 24.9. The number of methoxy groups -OCH3 is 1. The number of amides is 1. The van der Waals surface area contributed by atoms with Crippen LogP contribution in [0.2, 0.25) is 5.02 Å². The van der Waals surface area contributed by atoms with Crippen molar-refractivity contribution in [1.82, 2.24) is 4.90 Å². The van der Waals surface area contributed by atoms with E-state index in [2.05, 4.69) is 17.0 Å². The van der Waals surface area contributed by atoms with Crippen LogP contribution < -0.4 is 9.64 Å². The molecule has 1 amide bonds. The molecule has 2 bridgehead atoms. The van der Waals surface area contributed by atoms with Crippen LogP contribution in [0.1, 0.15) is 55.2 Å². The van der Waals surface area contributed by atoms with Gasteiger partial charge in [0.25, 0.3) is 0 Å². The number of nitrogens with zero attached hydrogens (tertiary/aromatic N) is 2. The fourth-order valence-electron chi connectivity index (χ4n) is 7.51. The van der Waals surface area contributed by atoms with Gasteiger partial charge in [-0.1, -0.05) is 35.9 Å². The molecule has 2 aromatic rings. The number of carbonyl (C=O) groups excluding carboxylic acids is 2. The highest BCUT2D eigenvalue weighted by molar-refractivity contribution is 6.30. The number of hydrogen-bond donors (Lipinski definition) is 2. The van der Waals surface area contributed by atoms with Gasteiger partial charge in [-0.05, 0) is 91.3 Å². The number of anilines is 1. The second kappa shape index (κ2) is 11.8. The normalized spacial score (nSPS) is 31.7. The minimum atomic E-state index is -2.17. The quantitative estimate of drug-likeness (QED) is 0.366. The van der Waals surface area contributed by atoms with Crippen molar-refractivity contribution in [2.24, 2.45) is 11.8 Å². The number of halogens is 1. The predicted molar refractivity (Wildman–Crippen MR) is 164 cm³/mol. The Labute approximate surface area is 258 Å². The van der Waals surface area contributed by atoms with Crippen LogP contribution in [0.25, 0.3) is 0 Å². The molecule has 43 heavy (non-hydrogen) atoms. The van der Waals surface area contributed by atoms with E-state index in [0.29, 0.717) is 38.4 Å². The van der Waals surface area contributed by atoms with E-state index in [4.69, 9.17) is 21.1 Å². The molecule has 2 aliphatic heterocycles. The molecule has 8 nitrogen and oxygen atoms in total. The van der Waals surface area contributed by atoms with Crippen LogP contribution in [0.4, 0.5) is 5.69 Å². The van der Waals surface area contributed by atoms with Crippen molar-refractivity contribution >= 4 is 29.2 Å². The lowest BCUT2D eigenvalue weighted by molar-refractivity contribution is -0.168. The van der Waals surface area contributed by atoms with Crippen LogP contribution >= 0.6 is 11.6 Å². The lowest BCUT2D eigenvalue weighted by Gasteiger charge is -2.45. The first kappa shape index (κ1) is 30.0. The number of carbonyl (C=O) groups is 2. The molecule has 0 radical (unpaired) electrons. The first-order valence-electron chi connectivity index (χ1n) is 15.3. The van der Waals surface area contributed by atoms with E-state index >= 15 is 0 Å². The molecule has 2 aliphatic carbocycles. The average molecular weight is 609 g/mol. The van der Waals surface area contributed by atoms with Crippen molar-refractivity contribution < 1.29 is 29.3 Å². The standard InChI is InChI=1S/C34H41ClN2O6/c1-36-15-4-3-7-29(38)26-11-8-23(26)19-37-20-33(14-5-6-22-16-25(35)10-12-27(22)33)21-43-30-13-9-24(17-28(30)37)34(41,18-31(36)39)32(40)42-2/h3,7,9-10,12-13,16-17,23,26,29,38,41H,4-6,8,11,14-15,18-21H2,1-2H3/b7-3+/t23-,26+,29-,33-,34+/m0/s1. The molecule has 2 N–H and O–H groups in total. The Morgan fingerprint density at radius 3 is 2.79 bits per heavy atom. The monoisotopic (exact) mass is 608 g/mol. The summed E-state index contributed by atoms with van der Waals surface area (Å²) in [5.41, 5.74) is 1.09. The van der Waals surface area contributed by atoms with Gasteiger partial charge in [-0.2, -0.15) is 0 Å². The number of aryl methyl sites for hydroxylation is 1. The molecule has 5 atom stereocenters. The number of esters is 1. The highest BCUT2D eigenvalue weighted by Crippen LogP contribution is 2.47. The van der Waals surface area contributed by atoms with Crippen molar-refractivity contribution in [3.8, 4) is 5.75 Å². The van der Waals surface area contributed by atoms with Crippen LogP contribution in [0.3, 0.4) is 0 Å². The third-order valence-corrected chi connectivity index (χ3v) is 10.4. The Morgan fingerprint density at radius 1 is 1.19 bits per heavy atom. The smallest absolute Gasteiger partial charge is 0.343 e. The Kier molecular flexibility index (Phi) is 8.22. The number of fused-ring (bicyclic) bond motifs is 4. The van der Waals surface area contributed by atoms with Gasteiger partial charge in [-0.25, -0.2) is 4.79 Å². The van der Waals surface area contributed by atoms with E-state index in [1.807, 2.05) is 18.2 Å². The summed E-state index contributed by atoms with van der Waals surface area (Å²) in [7, 11) is 2.87. The van der Waals surface area contributed by atoms with Crippen molar-refractivity contribution in [3.05, 3.63) is 70.3 Å². The van der Waals surface area contributed by atoms with Crippen LogP contribution in [-0.2, 0) is 31.8 Å². The van der Waals surface area contributed by atoms with Gasteiger partial charge in [-0.3, -0.25) is 4.79 Å². The summed E-state index contributed by atoms with van der Waals surface area (Å²) < 4.78 is 11.6. The molecule has 1 spiro atoms. The van der Waals surface area contributed by atoms with Gasteiger partial charge < -0.3 is 29.5 Å². The molecule has 0 saturated heterocycles. The lowest BCUT2D eigenvalue weighted by atomic mass is 9.68. The number of benzene rings is 2. The van der Waals surface area contributed by atoms with Crippen molar-refractivity contribution in [1.29, 1.82) is 0 Å². The van der Waals surface area contributed by atoms with Crippen LogP contribution in [0.5, 0.6) is 5.75 Å². The Balaban J connectivity index is 1.46. The number of hydrogen-bond acceptors (Lipinski definition) is 7. The van der Waals surface area contributed by atoms with E-state index in [-0.39, 0.29) is 28.7 Å². The number of aliphatic hydroxyl groups is 2. The van der Waals surface area contributed by atoms with Gasteiger partial charge in [0, 0.05) is 37.1 Å². The van der Waals surface area contributed by atoms with Gasteiger partial charge in [-0.15, -0.1) is 0 Å². The van der Waals surface area contributed by atoms with Crippen LogP contribution in [-0.4, -0.2) is 73.5 Å². The second-order valence-corrected chi connectivity index (χ2v) is 13.3. The first-order valence-corrected chi connectivity index (χ1v) is 15.7. The third kappa shape index (κ3) is 5.54. The SMILES string of the molecule is COC(=O)[C@@]1(O)CC(=O)N(C)CC/C=C/[C@H](O)[C@@H]2CC[C@H]2CN2C[C@@]3(CCCc4cc(Cl)ccc43)COc3ccc1cc32. The maximum atomic E-state index is 13.2. The van der Waals surface area contributed by atoms with Gasteiger partial charge in [0.05, 0.1) is 31.9 Å². The zero-order valence-corrected chi connectivity index (χ0v) is 25.7. The fraction of sp³-hybridized carbons (Fsp3) is 0.529. The minimum Gasteiger partial charge on any atom is -0.490 e. The average Bonchev–Trinajstić information content (AvgIpc) is 3.13. The van der Waals surface area contributed by atoms with E-state index in [1.165, 1.54) is 23.1 Å². The summed E-state index contributed by atoms with van der Waals surface area (Å²) in [6.45, 7) is 2.24. The number of aliphatic hydroxyl groups excluding tert-OH is 1. The molecular formula is C34H41ClN2O6. The molecule has 230 valence electrons. The molecule has 0 unspecified atom stereocenters. The number of rotatable bonds is 1. The first-order chi connectivity index (χ1) is 20.6. The van der Waals surface area contributed by atoms with E-state index < -0.39 is 24.1 Å². The molecule has 6 rings (SSSR count). The third-order valence-electron chi connectivity index (χ3n) is 10.2. The van der Waals surface area contributed by atoms with Gasteiger partial charge >= 0.3 is 5.97 Å². The summed E-state index contributed by atoms with van der Waals surface area (Å²) in [6, 6.07) is 11.4. The highest BCUT2D eigenvalue weighted by atomic mass is 35.5. The number of ether oxygens (including phenoxy) is 2. The van der Waals surface area contributed by atoms with E-state index in [0.717, 1.165) is 42.8 Å². The maximum Gasteiger partial charge on any atom is 0.343 e. The van der Waals surface area contributed by atoms with Crippen molar-refractivity contribution in [2.45, 2.75) is 62.1 Å². The Hall–Kier alpha value is -3.07. The topological polar surface area (TPSA) is 99.5 Å². The van der Waals surface area contributed by atoms with Crippen LogP contribution in [0.15, 0.2) is 48.6 Å². The van der Waals surface area contributed by atoms with Gasteiger partial charge in [0.2, 0.25) is 5.91 Å². The highest BCUT2D eigenvalue weighted by Gasteiger charge is 2.46. The molecule has 9 heteroatoms. The summed E-state index contributed by atoms with van der Waals surface area (Å²) in [5.74, 6) is -0.216. The molecular weight excluding hydrogens is 568 g/mol.